The fourth-order valence-corrected chi connectivity index (χ4v) is 20.0. The van der Waals surface area contributed by atoms with Gasteiger partial charge in [-0.2, -0.15) is 0 Å². The first kappa shape index (κ1) is 31.1. The van der Waals surface area contributed by atoms with E-state index in [1.54, 1.807) is 0 Å². The molecule has 4 aromatic carbocycles. The molecule has 216 valence electrons. The minimum absolute atomic E-state index is 0.165. The summed E-state index contributed by atoms with van der Waals surface area (Å²) in [4.78, 5) is 12.8. The highest BCUT2D eigenvalue weighted by Gasteiger charge is 2.49. The largest absolute Gasteiger partial charge is 0.469 e. The number of ether oxygens (including phenoxy) is 1. The highest BCUT2D eigenvalue weighted by Crippen LogP contribution is 2.36. The molecule has 4 aromatic rings. The summed E-state index contributed by atoms with van der Waals surface area (Å²) in [5.74, 6) is -0.165. The van der Waals surface area contributed by atoms with Crippen molar-refractivity contribution in [2.45, 2.75) is 84.2 Å². The molecule has 0 heterocycles. The van der Waals surface area contributed by atoms with Crippen LogP contribution in [-0.2, 0) is 28.3 Å². The summed E-state index contributed by atoms with van der Waals surface area (Å²) < 4.78 is 26.0. The fraction of sp³-hybridized carbons (Fsp3) is 0.452. The van der Waals surface area contributed by atoms with E-state index in [4.69, 9.17) is 17.1 Å². The molecule has 0 saturated heterocycles. The average Bonchev–Trinajstić information content (AvgIpc) is 2.81. The van der Waals surface area contributed by atoms with E-state index in [1.165, 1.54) is 37.9 Å². The molecule has 0 bridgehead atoms. The summed E-state index contributed by atoms with van der Waals surface area (Å²) in [6, 6.07) is 20.2. The van der Waals surface area contributed by atoms with Gasteiger partial charge in [-0.05, 0) is 110 Å². The molecule has 0 spiro atoms. The van der Waals surface area contributed by atoms with E-state index in [2.05, 4.69) is 114 Å². The number of carbonyl (C=O) groups excluding carboxylic acids is 1. The summed E-state index contributed by atoms with van der Waals surface area (Å²) in [6.45, 7) is 20.1. The maximum absolute atomic E-state index is 12.8. The Hall–Kier alpha value is -1.86. The van der Waals surface area contributed by atoms with Crippen LogP contribution in [0.2, 0.25) is 65.0 Å². The van der Waals surface area contributed by atoms with Gasteiger partial charge in [0.05, 0.1) is 6.61 Å². The van der Waals surface area contributed by atoms with Gasteiger partial charge in [0.25, 0.3) is 0 Å². The zero-order valence-electron chi connectivity index (χ0n) is 25.8. The molecule has 0 fully saturated rings. The lowest BCUT2D eigenvalue weighted by Crippen LogP contribution is -2.60. The quantitative estimate of drug-likeness (QED) is 0.0655. The standard InChI is InChI=1S/C31H46O5Si4/c1-37(2,3)34-40(35-38(4,5)6,36-39(7,8)9)23-11-22-33-29(32)21-19-24-14-15-27-17-16-25-12-10-13-26-18-20-28(24)31(27)30(25)26/h10,12-18,20H,11,19,21-23H2,1-9H3. The third-order valence-corrected chi connectivity index (χ3v) is 18.5. The van der Waals surface area contributed by atoms with E-state index < -0.39 is 33.8 Å². The number of benzene rings is 4. The Kier molecular flexibility index (Phi) is 9.16. The highest BCUT2D eigenvalue weighted by molar-refractivity contribution is 6.90. The second-order valence-electron chi connectivity index (χ2n) is 13.7. The Balaban J connectivity index is 1.40. The maximum Gasteiger partial charge on any atom is 0.469 e. The number of rotatable bonds is 13. The summed E-state index contributed by atoms with van der Waals surface area (Å²) >= 11 is 0. The molecule has 0 amide bonds. The Labute approximate surface area is 244 Å². The second kappa shape index (κ2) is 11.8. The van der Waals surface area contributed by atoms with E-state index in [-0.39, 0.29) is 5.97 Å². The van der Waals surface area contributed by atoms with Crippen LogP contribution in [0.4, 0.5) is 0 Å². The van der Waals surface area contributed by atoms with Crippen LogP contribution in [0.25, 0.3) is 32.3 Å². The van der Waals surface area contributed by atoms with Gasteiger partial charge in [-0.25, -0.2) is 0 Å². The number of hydrogen-bond donors (Lipinski definition) is 0. The Morgan fingerprint density at radius 1 is 0.650 bits per heavy atom. The van der Waals surface area contributed by atoms with Gasteiger partial charge in [-0.1, -0.05) is 54.6 Å². The van der Waals surface area contributed by atoms with Crippen LogP contribution in [0.5, 0.6) is 0 Å². The SMILES string of the molecule is C[Si](C)(C)O[Si](CCCOC(=O)CCc1ccc2ccc3cccc4ccc1c2c34)(O[Si](C)(C)C)O[Si](C)(C)C. The van der Waals surface area contributed by atoms with E-state index in [0.717, 1.165) is 0 Å². The molecule has 4 rings (SSSR count). The van der Waals surface area contributed by atoms with Crippen molar-refractivity contribution in [2.75, 3.05) is 6.61 Å². The van der Waals surface area contributed by atoms with E-state index in [1.807, 2.05) is 0 Å². The highest BCUT2D eigenvalue weighted by atomic mass is 28.5. The molecule has 0 aliphatic carbocycles. The molecule has 5 nitrogen and oxygen atoms in total. The normalized spacial score (nSPS) is 13.5. The summed E-state index contributed by atoms with van der Waals surface area (Å²) in [5, 5.41) is 7.55. The van der Waals surface area contributed by atoms with Crippen molar-refractivity contribution >= 4 is 72.0 Å². The molecule has 0 aromatic heterocycles. The molecule has 0 unspecified atom stereocenters. The second-order valence-corrected chi connectivity index (χ2v) is 30.7. The lowest BCUT2D eigenvalue weighted by atomic mass is 9.91. The van der Waals surface area contributed by atoms with Gasteiger partial charge in [-0.3, -0.25) is 4.79 Å². The van der Waals surface area contributed by atoms with Crippen LogP contribution in [0.1, 0.15) is 18.4 Å². The molecule has 0 saturated carbocycles. The summed E-state index contributed by atoms with van der Waals surface area (Å²) in [6.07, 6.45) is 1.69. The van der Waals surface area contributed by atoms with Gasteiger partial charge in [0, 0.05) is 12.5 Å². The molecular formula is C31H46O5Si4. The molecular weight excluding hydrogens is 565 g/mol. The third-order valence-electron chi connectivity index (χ3n) is 6.49. The van der Waals surface area contributed by atoms with Crippen molar-refractivity contribution in [3.63, 3.8) is 0 Å². The van der Waals surface area contributed by atoms with Gasteiger partial charge in [0.1, 0.15) is 0 Å². The lowest BCUT2D eigenvalue weighted by molar-refractivity contribution is -0.143. The molecule has 9 heteroatoms. The van der Waals surface area contributed by atoms with E-state index >= 15 is 0 Å². The first-order chi connectivity index (χ1) is 18.5. The topological polar surface area (TPSA) is 54.0 Å². The van der Waals surface area contributed by atoms with E-state index in [9.17, 15) is 4.79 Å². The van der Waals surface area contributed by atoms with Crippen LogP contribution >= 0.6 is 0 Å². The summed E-state index contributed by atoms with van der Waals surface area (Å²) in [5.41, 5.74) is 1.18. The zero-order valence-corrected chi connectivity index (χ0v) is 29.8. The van der Waals surface area contributed by atoms with Gasteiger partial charge in [0.15, 0.2) is 25.0 Å². The first-order valence-corrected chi connectivity index (χ1v) is 26.6. The number of hydrogen-bond acceptors (Lipinski definition) is 5. The van der Waals surface area contributed by atoms with Crippen molar-refractivity contribution < 1.29 is 21.9 Å². The minimum atomic E-state index is -2.91. The monoisotopic (exact) mass is 610 g/mol. The molecule has 0 aliphatic heterocycles. The van der Waals surface area contributed by atoms with Gasteiger partial charge < -0.3 is 17.1 Å². The van der Waals surface area contributed by atoms with Gasteiger partial charge >= 0.3 is 14.8 Å². The van der Waals surface area contributed by atoms with Crippen molar-refractivity contribution in [1.82, 2.24) is 0 Å². The number of carbonyl (C=O) groups is 1. The van der Waals surface area contributed by atoms with Crippen LogP contribution < -0.4 is 0 Å². The van der Waals surface area contributed by atoms with Crippen LogP contribution in [0.15, 0.2) is 54.6 Å². The maximum atomic E-state index is 12.8. The average molecular weight is 611 g/mol. The van der Waals surface area contributed by atoms with Crippen LogP contribution in [0.3, 0.4) is 0 Å². The van der Waals surface area contributed by atoms with Crippen molar-refractivity contribution in [1.29, 1.82) is 0 Å². The Morgan fingerprint density at radius 2 is 1.15 bits per heavy atom. The predicted molar refractivity (Wildman–Crippen MR) is 178 cm³/mol. The van der Waals surface area contributed by atoms with Gasteiger partial charge in [-0.15, -0.1) is 0 Å². The molecule has 40 heavy (non-hydrogen) atoms. The van der Waals surface area contributed by atoms with Crippen LogP contribution in [-0.4, -0.2) is 46.3 Å². The van der Waals surface area contributed by atoms with Crippen molar-refractivity contribution in [2.24, 2.45) is 0 Å². The molecule has 0 atom stereocenters. The lowest BCUT2D eigenvalue weighted by Gasteiger charge is -2.42. The zero-order chi connectivity index (χ0) is 29.3. The molecule has 0 aliphatic rings. The Bertz CT molecular complexity index is 1410. The molecule has 0 N–H and O–H groups in total. The number of aryl methyl sites for hydroxylation is 1. The number of esters is 1. The summed E-state index contributed by atoms with van der Waals surface area (Å²) in [7, 11) is -8.68. The Morgan fingerprint density at radius 3 is 1.70 bits per heavy atom. The first-order valence-electron chi connectivity index (χ1n) is 14.5. The third kappa shape index (κ3) is 8.12. The van der Waals surface area contributed by atoms with Crippen LogP contribution in [0, 0.1) is 0 Å². The minimum Gasteiger partial charge on any atom is -0.466 e. The fourth-order valence-electron chi connectivity index (χ4n) is 5.41. The predicted octanol–water partition coefficient (Wildman–Crippen LogP) is 8.94. The smallest absolute Gasteiger partial charge is 0.466 e. The van der Waals surface area contributed by atoms with Crippen molar-refractivity contribution in [3.05, 3.63) is 60.2 Å². The molecule has 0 radical (unpaired) electrons. The van der Waals surface area contributed by atoms with Crippen molar-refractivity contribution in [3.8, 4) is 0 Å². The van der Waals surface area contributed by atoms with E-state index in [0.29, 0.717) is 31.9 Å². The van der Waals surface area contributed by atoms with Gasteiger partial charge in [0.2, 0.25) is 0 Å².